The summed E-state index contributed by atoms with van der Waals surface area (Å²) in [6.07, 6.45) is 4.81. The molecule has 5 heteroatoms. The van der Waals surface area contributed by atoms with Gasteiger partial charge in [-0.15, -0.1) is 11.3 Å². The summed E-state index contributed by atoms with van der Waals surface area (Å²) in [5.74, 6) is 0. The molecule has 0 radical (unpaired) electrons. The number of rotatable bonds is 7. The van der Waals surface area contributed by atoms with Crippen molar-refractivity contribution in [3.05, 3.63) is 21.3 Å². The highest BCUT2D eigenvalue weighted by Crippen LogP contribution is 2.21. The smallest absolute Gasteiger partial charge is 0.0586 e. The molecule has 0 saturated carbocycles. The minimum Gasteiger partial charge on any atom is -0.395 e. The highest BCUT2D eigenvalue weighted by molar-refractivity contribution is 7.10. The summed E-state index contributed by atoms with van der Waals surface area (Å²) in [5.41, 5.74) is 0. The van der Waals surface area contributed by atoms with Crippen molar-refractivity contribution in [2.75, 3.05) is 26.2 Å². The van der Waals surface area contributed by atoms with Gasteiger partial charge < -0.3 is 10.4 Å². The van der Waals surface area contributed by atoms with Crippen LogP contribution < -0.4 is 5.32 Å². The standard InChI is InChI=1S/C14H23ClN2OS/c15-13-5-9-19-14(13)10-16-6-3-8-17-7-2-1-4-12(17)11-18/h5,9,12,16,18H,1-4,6-8,10-11H2. The van der Waals surface area contributed by atoms with Gasteiger partial charge in [-0.3, -0.25) is 4.90 Å². The molecule has 2 heterocycles. The van der Waals surface area contributed by atoms with Gasteiger partial charge in [-0.25, -0.2) is 0 Å². The molecule has 0 aliphatic carbocycles. The second kappa shape index (κ2) is 8.22. The Hall–Kier alpha value is -0.130. The summed E-state index contributed by atoms with van der Waals surface area (Å²) < 4.78 is 0. The molecule has 108 valence electrons. The van der Waals surface area contributed by atoms with E-state index in [1.54, 1.807) is 11.3 Å². The molecule has 0 bridgehead atoms. The molecular weight excluding hydrogens is 280 g/mol. The molecule has 1 saturated heterocycles. The van der Waals surface area contributed by atoms with Gasteiger partial charge in [0, 0.05) is 17.5 Å². The summed E-state index contributed by atoms with van der Waals surface area (Å²) in [5, 5.41) is 15.7. The minimum atomic E-state index is 0.304. The first kappa shape index (κ1) is 15.3. The lowest BCUT2D eigenvalue weighted by atomic mass is 10.0. The molecule has 2 rings (SSSR count). The summed E-state index contributed by atoms with van der Waals surface area (Å²) in [6.45, 7) is 4.39. The van der Waals surface area contributed by atoms with E-state index in [0.29, 0.717) is 12.6 Å². The highest BCUT2D eigenvalue weighted by Gasteiger charge is 2.20. The van der Waals surface area contributed by atoms with Crippen LogP contribution in [0.4, 0.5) is 0 Å². The lowest BCUT2D eigenvalue weighted by molar-refractivity contribution is 0.0893. The Kier molecular flexibility index (Phi) is 6.61. The van der Waals surface area contributed by atoms with Crippen molar-refractivity contribution in [3.8, 4) is 0 Å². The van der Waals surface area contributed by atoms with E-state index in [2.05, 4.69) is 10.2 Å². The molecule has 0 spiro atoms. The lowest BCUT2D eigenvalue weighted by Gasteiger charge is -2.34. The second-order valence-corrected chi connectivity index (χ2v) is 6.50. The van der Waals surface area contributed by atoms with Crippen LogP contribution in [-0.2, 0) is 6.54 Å². The van der Waals surface area contributed by atoms with E-state index in [-0.39, 0.29) is 0 Å². The van der Waals surface area contributed by atoms with Crippen LogP contribution in [0.15, 0.2) is 11.4 Å². The van der Waals surface area contributed by atoms with Crippen molar-refractivity contribution in [1.82, 2.24) is 10.2 Å². The van der Waals surface area contributed by atoms with E-state index in [9.17, 15) is 5.11 Å². The van der Waals surface area contributed by atoms with E-state index in [4.69, 9.17) is 11.6 Å². The summed E-state index contributed by atoms with van der Waals surface area (Å²) in [6, 6.07) is 2.34. The first-order valence-electron chi connectivity index (χ1n) is 7.08. The number of halogens is 1. The van der Waals surface area contributed by atoms with E-state index in [1.165, 1.54) is 17.7 Å². The number of aliphatic hydroxyl groups is 1. The molecule has 1 aromatic heterocycles. The number of likely N-dealkylation sites (tertiary alicyclic amines) is 1. The van der Waals surface area contributed by atoms with Crippen LogP contribution in [0.1, 0.15) is 30.6 Å². The van der Waals surface area contributed by atoms with Gasteiger partial charge in [0.1, 0.15) is 0 Å². The van der Waals surface area contributed by atoms with Gasteiger partial charge in [-0.05, 0) is 50.3 Å². The zero-order valence-corrected chi connectivity index (χ0v) is 12.8. The Balaban J connectivity index is 1.60. The number of nitrogens with zero attached hydrogens (tertiary/aromatic N) is 1. The SMILES string of the molecule is OCC1CCCCN1CCCNCc1sccc1Cl. The van der Waals surface area contributed by atoms with E-state index >= 15 is 0 Å². The van der Waals surface area contributed by atoms with Gasteiger partial charge in [0.2, 0.25) is 0 Å². The molecule has 1 fully saturated rings. The van der Waals surface area contributed by atoms with Crippen LogP contribution in [0.3, 0.4) is 0 Å². The van der Waals surface area contributed by atoms with Crippen molar-refractivity contribution in [2.24, 2.45) is 0 Å². The average molecular weight is 303 g/mol. The third kappa shape index (κ3) is 4.72. The Morgan fingerprint density at radius 1 is 1.47 bits per heavy atom. The number of aliphatic hydroxyl groups excluding tert-OH is 1. The van der Waals surface area contributed by atoms with Crippen LogP contribution in [-0.4, -0.2) is 42.3 Å². The molecule has 19 heavy (non-hydrogen) atoms. The molecule has 3 nitrogen and oxygen atoms in total. The Morgan fingerprint density at radius 3 is 3.11 bits per heavy atom. The van der Waals surface area contributed by atoms with Crippen molar-refractivity contribution in [2.45, 2.75) is 38.3 Å². The normalized spacial score (nSPS) is 20.8. The predicted molar refractivity (Wildman–Crippen MR) is 82.0 cm³/mol. The van der Waals surface area contributed by atoms with Crippen LogP contribution in [0.25, 0.3) is 0 Å². The summed E-state index contributed by atoms with van der Waals surface area (Å²) >= 11 is 7.75. The number of nitrogens with one attached hydrogen (secondary N) is 1. The Labute approximate surface area is 124 Å². The number of hydrogen-bond acceptors (Lipinski definition) is 4. The van der Waals surface area contributed by atoms with Crippen molar-refractivity contribution in [1.29, 1.82) is 0 Å². The van der Waals surface area contributed by atoms with E-state index in [0.717, 1.165) is 44.0 Å². The fraction of sp³-hybridized carbons (Fsp3) is 0.714. The third-order valence-corrected chi connectivity index (χ3v) is 5.12. The van der Waals surface area contributed by atoms with Crippen LogP contribution >= 0.6 is 22.9 Å². The van der Waals surface area contributed by atoms with E-state index in [1.807, 2.05) is 11.4 Å². The van der Waals surface area contributed by atoms with Crippen molar-refractivity contribution >= 4 is 22.9 Å². The largest absolute Gasteiger partial charge is 0.395 e. The highest BCUT2D eigenvalue weighted by atomic mass is 35.5. The second-order valence-electron chi connectivity index (χ2n) is 5.09. The Bertz CT molecular complexity index is 372. The van der Waals surface area contributed by atoms with Crippen LogP contribution in [0.2, 0.25) is 5.02 Å². The van der Waals surface area contributed by atoms with Gasteiger partial charge >= 0.3 is 0 Å². The average Bonchev–Trinajstić information content (AvgIpc) is 2.84. The monoisotopic (exact) mass is 302 g/mol. The first-order valence-corrected chi connectivity index (χ1v) is 8.34. The van der Waals surface area contributed by atoms with Crippen LogP contribution in [0, 0.1) is 0 Å². The predicted octanol–water partition coefficient (Wildman–Crippen LogP) is 2.73. The molecule has 1 aromatic rings. The zero-order chi connectivity index (χ0) is 13.5. The summed E-state index contributed by atoms with van der Waals surface area (Å²) in [7, 11) is 0. The molecule has 0 amide bonds. The van der Waals surface area contributed by atoms with Gasteiger partial charge in [0.25, 0.3) is 0 Å². The van der Waals surface area contributed by atoms with Gasteiger partial charge in [0.15, 0.2) is 0 Å². The minimum absolute atomic E-state index is 0.304. The molecule has 2 N–H and O–H groups in total. The fourth-order valence-corrected chi connectivity index (χ4v) is 3.69. The maximum atomic E-state index is 9.35. The first-order chi connectivity index (χ1) is 9.31. The van der Waals surface area contributed by atoms with Gasteiger partial charge in [-0.2, -0.15) is 0 Å². The topological polar surface area (TPSA) is 35.5 Å². The molecular formula is C14H23ClN2OS. The quantitative estimate of drug-likeness (QED) is 0.760. The van der Waals surface area contributed by atoms with Crippen molar-refractivity contribution < 1.29 is 5.11 Å². The lowest BCUT2D eigenvalue weighted by Crippen LogP contribution is -2.42. The maximum absolute atomic E-state index is 9.35. The van der Waals surface area contributed by atoms with Crippen molar-refractivity contribution in [3.63, 3.8) is 0 Å². The summed E-state index contributed by atoms with van der Waals surface area (Å²) in [4.78, 5) is 3.65. The molecule has 1 aliphatic heterocycles. The van der Waals surface area contributed by atoms with Gasteiger partial charge in [-0.1, -0.05) is 18.0 Å². The number of thiophene rings is 1. The Morgan fingerprint density at radius 2 is 2.37 bits per heavy atom. The van der Waals surface area contributed by atoms with Crippen LogP contribution in [0.5, 0.6) is 0 Å². The van der Waals surface area contributed by atoms with E-state index < -0.39 is 0 Å². The third-order valence-electron chi connectivity index (χ3n) is 3.74. The van der Waals surface area contributed by atoms with Gasteiger partial charge in [0.05, 0.1) is 11.6 Å². The fourth-order valence-electron chi connectivity index (χ4n) is 2.62. The molecule has 1 atom stereocenters. The zero-order valence-electron chi connectivity index (χ0n) is 11.3. The molecule has 1 aliphatic rings. The molecule has 0 aromatic carbocycles. The number of piperidine rings is 1. The molecule has 1 unspecified atom stereocenters. The number of hydrogen-bond donors (Lipinski definition) is 2. The maximum Gasteiger partial charge on any atom is 0.0586 e.